The van der Waals surface area contributed by atoms with Crippen molar-refractivity contribution in [2.75, 3.05) is 32.2 Å². The number of rotatable bonds is 11. The van der Waals surface area contributed by atoms with Gasteiger partial charge >= 0.3 is 5.97 Å². The van der Waals surface area contributed by atoms with Gasteiger partial charge in [-0.3, -0.25) is 14.2 Å². The zero-order valence-corrected chi connectivity index (χ0v) is 27.6. The van der Waals surface area contributed by atoms with Gasteiger partial charge in [0.05, 0.1) is 47.2 Å². The first-order valence-corrected chi connectivity index (χ1v) is 15.8. The van der Waals surface area contributed by atoms with Crippen LogP contribution in [0.1, 0.15) is 37.9 Å². The molecule has 1 atom stereocenters. The van der Waals surface area contributed by atoms with Crippen molar-refractivity contribution in [3.63, 3.8) is 0 Å². The molecule has 3 aromatic carbocycles. The number of carbonyl (C=O) groups excluding carboxylic acids is 2. The van der Waals surface area contributed by atoms with Crippen molar-refractivity contribution in [3.05, 3.63) is 108 Å². The van der Waals surface area contributed by atoms with Crippen LogP contribution in [0.4, 0.5) is 5.69 Å². The number of carbonyl (C=O) groups is 2. The number of nitrogens with one attached hydrogen (secondary N) is 1. The van der Waals surface area contributed by atoms with Crippen molar-refractivity contribution in [2.24, 2.45) is 4.99 Å². The van der Waals surface area contributed by atoms with Crippen molar-refractivity contribution in [3.8, 4) is 23.0 Å². The number of aromatic hydroxyl groups is 1. The van der Waals surface area contributed by atoms with Crippen LogP contribution < -0.4 is 34.4 Å². The largest absolute Gasteiger partial charge is 0.504 e. The molecule has 0 saturated carbocycles. The zero-order chi connectivity index (χ0) is 33.7. The Morgan fingerprint density at radius 1 is 1.06 bits per heavy atom. The van der Waals surface area contributed by atoms with Crippen LogP contribution in [0, 0.1) is 0 Å². The normalized spacial score (nSPS) is 14.2. The van der Waals surface area contributed by atoms with Crippen molar-refractivity contribution < 1.29 is 33.6 Å². The minimum atomic E-state index is -0.900. The topological polar surface area (TPSA) is 138 Å². The number of anilines is 1. The van der Waals surface area contributed by atoms with Crippen molar-refractivity contribution in [1.82, 2.24) is 4.57 Å². The number of fused-ring (bicyclic) bond motifs is 1. The molecule has 0 aliphatic carbocycles. The third kappa shape index (κ3) is 7.18. The smallest absolute Gasteiger partial charge is 0.338 e. The lowest BCUT2D eigenvalue weighted by Crippen LogP contribution is -2.39. The van der Waals surface area contributed by atoms with Crippen LogP contribution in [0.3, 0.4) is 0 Å². The molecule has 1 unspecified atom stereocenters. The molecule has 1 aliphatic heterocycles. The highest BCUT2D eigenvalue weighted by Gasteiger charge is 2.34. The standard InChI is InChI=1S/C34H32ClN3O8S/c1-5-44-25-17-21(12-13-24(25)39)30-29(33(42)45-6-2)19(3)36-34-38(30)32(41)27(47-34)16-20-14-23(35)31(26(15-20)43-4)46-18-28(40)37-22-10-8-7-9-11-22/h7-17,30,39H,5-6,18H2,1-4H3,(H,37,40)/b27-16+. The van der Waals surface area contributed by atoms with E-state index in [9.17, 15) is 19.5 Å². The minimum Gasteiger partial charge on any atom is -0.504 e. The summed E-state index contributed by atoms with van der Waals surface area (Å²) in [6, 6.07) is 16.0. The van der Waals surface area contributed by atoms with E-state index in [4.69, 9.17) is 30.5 Å². The fraction of sp³-hybridized carbons (Fsp3) is 0.235. The molecule has 11 nitrogen and oxygen atoms in total. The third-order valence-corrected chi connectivity index (χ3v) is 8.33. The van der Waals surface area contributed by atoms with Crippen LogP contribution in [0.25, 0.3) is 6.08 Å². The van der Waals surface area contributed by atoms with E-state index >= 15 is 0 Å². The fourth-order valence-electron chi connectivity index (χ4n) is 5.05. The fourth-order valence-corrected chi connectivity index (χ4v) is 6.37. The van der Waals surface area contributed by atoms with Gasteiger partial charge < -0.3 is 29.4 Å². The summed E-state index contributed by atoms with van der Waals surface area (Å²) in [5, 5.41) is 13.2. The van der Waals surface area contributed by atoms with Crippen LogP contribution in [0.15, 0.2) is 81.7 Å². The molecule has 1 aliphatic rings. The Labute approximate surface area is 279 Å². The summed E-state index contributed by atoms with van der Waals surface area (Å²) in [4.78, 5) is 44.6. The van der Waals surface area contributed by atoms with Crippen LogP contribution in [0.5, 0.6) is 23.0 Å². The van der Waals surface area contributed by atoms with Gasteiger partial charge in [0.15, 0.2) is 34.4 Å². The molecule has 0 saturated heterocycles. The molecule has 0 fully saturated rings. The Morgan fingerprint density at radius 3 is 2.53 bits per heavy atom. The second-order valence-electron chi connectivity index (χ2n) is 10.2. The molecule has 0 bridgehead atoms. The molecular formula is C34H32ClN3O8S. The molecule has 244 valence electrons. The van der Waals surface area contributed by atoms with Crippen LogP contribution in [-0.2, 0) is 14.3 Å². The van der Waals surface area contributed by atoms with Gasteiger partial charge in [0.2, 0.25) is 0 Å². The molecule has 13 heteroatoms. The number of halogens is 1. The minimum absolute atomic E-state index is 0.0727. The van der Waals surface area contributed by atoms with Gasteiger partial charge in [-0.25, -0.2) is 9.79 Å². The van der Waals surface area contributed by atoms with Crippen molar-refractivity contribution in [2.45, 2.75) is 26.8 Å². The average Bonchev–Trinajstić information content (AvgIpc) is 3.34. The van der Waals surface area contributed by atoms with E-state index in [2.05, 4.69) is 10.3 Å². The number of para-hydroxylation sites is 1. The Bertz CT molecular complexity index is 2040. The van der Waals surface area contributed by atoms with Crippen molar-refractivity contribution in [1.29, 1.82) is 0 Å². The van der Waals surface area contributed by atoms with Crippen LogP contribution in [0.2, 0.25) is 5.02 Å². The van der Waals surface area contributed by atoms with Crippen LogP contribution >= 0.6 is 22.9 Å². The second-order valence-corrected chi connectivity index (χ2v) is 11.6. The molecule has 2 N–H and O–H groups in total. The predicted octanol–water partition coefficient (Wildman–Crippen LogP) is 4.58. The predicted molar refractivity (Wildman–Crippen MR) is 178 cm³/mol. The van der Waals surface area contributed by atoms with E-state index in [1.165, 1.54) is 17.7 Å². The van der Waals surface area contributed by atoms with E-state index in [1.807, 2.05) is 6.07 Å². The number of hydrogen-bond donors (Lipinski definition) is 2. The number of nitrogens with zero attached hydrogens (tertiary/aromatic N) is 2. The summed E-state index contributed by atoms with van der Waals surface area (Å²) in [6.07, 6.45) is 1.63. The number of ether oxygens (including phenoxy) is 4. The third-order valence-electron chi connectivity index (χ3n) is 7.07. The lowest BCUT2D eigenvalue weighted by atomic mass is 9.95. The summed E-state index contributed by atoms with van der Waals surface area (Å²) >= 11 is 7.71. The van der Waals surface area contributed by atoms with Gasteiger partial charge in [-0.2, -0.15) is 0 Å². The average molecular weight is 678 g/mol. The number of hydrogen-bond acceptors (Lipinski definition) is 10. The van der Waals surface area contributed by atoms with E-state index in [1.54, 1.807) is 75.4 Å². The Morgan fingerprint density at radius 2 is 1.83 bits per heavy atom. The molecule has 47 heavy (non-hydrogen) atoms. The number of methoxy groups -OCH3 is 1. The quantitative estimate of drug-likeness (QED) is 0.220. The molecule has 1 amide bonds. The van der Waals surface area contributed by atoms with Crippen LogP contribution in [-0.4, -0.2) is 48.5 Å². The molecule has 2 heterocycles. The maximum atomic E-state index is 14.0. The van der Waals surface area contributed by atoms with Gasteiger partial charge in [-0.15, -0.1) is 0 Å². The summed E-state index contributed by atoms with van der Waals surface area (Å²) < 4.78 is 23.9. The molecule has 0 radical (unpaired) electrons. The SMILES string of the molecule is CCOC(=O)C1=C(C)N=c2s/c(=C/c3cc(Cl)c(OCC(=O)Nc4ccccc4)c(OC)c3)c(=O)n2C1c1ccc(O)c(OCC)c1. The molecule has 1 aromatic heterocycles. The second kappa shape index (κ2) is 14.6. The monoisotopic (exact) mass is 677 g/mol. The maximum Gasteiger partial charge on any atom is 0.338 e. The number of phenols is 1. The Hall–Kier alpha value is -5.07. The number of benzene rings is 3. The number of amides is 1. The Kier molecular flexibility index (Phi) is 10.3. The Balaban J connectivity index is 1.53. The number of aromatic nitrogens is 1. The lowest BCUT2D eigenvalue weighted by Gasteiger charge is -2.25. The highest BCUT2D eigenvalue weighted by Crippen LogP contribution is 2.37. The van der Waals surface area contributed by atoms with E-state index < -0.39 is 17.6 Å². The first-order chi connectivity index (χ1) is 22.6. The van der Waals surface area contributed by atoms with Gasteiger partial charge in [0.1, 0.15) is 0 Å². The number of phenolic OH excluding ortho intramolecular Hbond substituents is 1. The van der Waals surface area contributed by atoms with Gasteiger partial charge in [0, 0.05) is 5.69 Å². The molecule has 5 rings (SSSR count). The molecule has 4 aromatic rings. The zero-order valence-electron chi connectivity index (χ0n) is 26.0. The number of thiazole rings is 1. The van der Waals surface area contributed by atoms with Crippen molar-refractivity contribution >= 4 is 46.6 Å². The van der Waals surface area contributed by atoms with Gasteiger partial charge in [0.25, 0.3) is 11.5 Å². The van der Waals surface area contributed by atoms with E-state index in [-0.39, 0.29) is 52.7 Å². The lowest BCUT2D eigenvalue weighted by molar-refractivity contribution is -0.139. The van der Waals surface area contributed by atoms with E-state index in [0.29, 0.717) is 38.5 Å². The summed E-state index contributed by atoms with van der Waals surface area (Å²) in [6.45, 7) is 5.28. The summed E-state index contributed by atoms with van der Waals surface area (Å²) in [7, 11) is 1.44. The maximum absolute atomic E-state index is 14.0. The first-order valence-electron chi connectivity index (χ1n) is 14.7. The van der Waals surface area contributed by atoms with Gasteiger partial charge in [-0.1, -0.05) is 47.2 Å². The molecular weight excluding hydrogens is 646 g/mol. The summed E-state index contributed by atoms with van der Waals surface area (Å²) in [5.41, 5.74) is 1.87. The first kappa shape index (κ1) is 33.3. The molecule has 0 spiro atoms. The van der Waals surface area contributed by atoms with Gasteiger partial charge in [-0.05, 0) is 74.4 Å². The number of allylic oxidation sites excluding steroid dienone is 1. The number of esters is 1. The van der Waals surface area contributed by atoms with E-state index in [0.717, 1.165) is 11.3 Å². The summed E-state index contributed by atoms with van der Waals surface area (Å²) in [5.74, 6) is -0.418. The highest BCUT2D eigenvalue weighted by molar-refractivity contribution is 7.07. The highest BCUT2D eigenvalue weighted by atomic mass is 35.5.